The van der Waals surface area contributed by atoms with E-state index in [-0.39, 0.29) is 0 Å². The number of anilines is 1. The van der Waals surface area contributed by atoms with Crippen LogP contribution in [0.1, 0.15) is 12.0 Å². The molecule has 4 nitrogen and oxygen atoms in total. The highest BCUT2D eigenvalue weighted by molar-refractivity contribution is 5.90. The number of hydrogen-bond donors (Lipinski definition) is 2. The number of hydrogen-bond acceptors (Lipinski definition) is 3. The Balaban J connectivity index is 2.08. The Hall–Kier alpha value is -1.81. The van der Waals surface area contributed by atoms with E-state index in [2.05, 4.69) is 28.0 Å². The average molecular weight is 228 g/mol. The first-order valence-corrected chi connectivity index (χ1v) is 5.85. The molecule has 3 N–H and O–H groups in total. The van der Waals surface area contributed by atoms with Crippen molar-refractivity contribution < 1.29 is 0 Å². The molecule has 0 atom stereocenters. The first kappa shape index (κ1) is 10.4. The quantitative estimate of drug-likeness (QED) is 0.783. The SMILES string of the molecule is CN1CC=C(c2c[nH]c3ccc(N)nc23)CC1. The Morgan fingerprint density at radius 1 is 1.41 bits per heavy atom. The third-order valence-electron chi connectivity index (χ3n) is 3.30. The van der Waals surface area contributed by atoms with E-state index < -0.39 is 0 Å². The second-order valence-corrected chi connectivity index (χ2v) is 4.58. The maximum atomic E-state index is 5.75. The van der Waals surface area contributed by atoms with E-state index >= 15 is 0 Å². The Bertz CT molecular complexity index is 582. The van der Waals surface area contributed by atoms with Crippen LogP contribution in [0, 0.1) is 0 Å². The lowest BCUT2D eigenvalue weighted by Crippen LogP contribution is -2.23. The lowest BCUT2D eigenvalue weighted by Gasteiger charge is -2.21. The highest BCUT2D eigenvalue weighted by atomic mass is 15.1. The minimum atomic E-state index is 0.576. The van der Waals surface area contributed by atoms with Crippen molar-refractivity contribution in [2.75, 3.05) is 25.9 Å². The van der Waals surface area contributed by atoms with Gasteiger partial charge in [0.1, 0.15) is 5.82 Å². The topological polar surface area (TPSA) is 57.9 Å². The van der Waals surface area contributed by atoms with Crippen LogP contribution < -0.4 is 5.73 Å². The zero-order valence-electron chi connectivity index (χ0n) is 9.90. The minimum absolute atomic E-state index is 0.576. The monoisotopic (exact) mass is 228 g/mol. The molecule has 17 heavy (non-hydrogen) atoms. The predicted octanol–water partition coefficient (Wildman–Crippen LogP) is 1.86. The van der Waals surface area contributed by atoms with Crippen LogP contribution in [-0.2, 0) is 0 Å². The summed E-state index contributed by atoms with van der Waals surface area (Å²) >= 11 is 0. The van der Waals surface area contributed by atoms with Gasteiger partial charge >= 0.3 is 0 Å². The molecular weight excluding hydrogens is 212 g/mol. The fourth-order valence-corrected chi connectivity index (χ4v) is 2.27. The lowest BCUT2D eigenvalue weighted by molar-refractivity contribution is 0.370. The second kappa shape index (κ2) is 3.89. The van der Waals surface area contributed by atoms with Crippen LogP contribution in [0.25, 0.3) is 16.6 Å². The van der Waals surface area contributed by atoms with Gasteiger partial charge in [-0.15, -0.1) is 0 Å². The van der Waals surface area contributed by atoms with Crippen molar-refractivity contribution in [1.82, 2.24) is 14.9 Å². The molecule has 3 heterocycles. The van der Waals surface area contributed by atoms with Gasteiger partial charge in [0.2, 0.25) is 0 Å². The highest BCUT2D eigenvalue weighted by Crippen LogP contribution is 2.28. The number of aromatic amines is 1. The smallest absolute Gasteiger partial charge is 0.124 e. The van der Waals surface area contributed by atoms with E-state index in [4.69, 9.17) is 5.73 Å². The molecule has 88 valence electrons. The maximum Gasteiger partial charge on any atom is 0.124 e. The molecule has 0 radical (unpaired) electrons. The molecule has 0 spiro atoms. The molecular formula is C13H16N4. The molecule has 0 fully saturated rings. The van der Waals surface area contributed by atoms with E-state index in [1.54, 1.807) is 0 Å². The molecule has 0 aliphatic carbocycles. The standard InChI is InChI=1S/C13H16N4/c1-17-6-4-9(5-7-17)10-8-15-11-2-3-12(14)16-13(10)11/h2-4,8,15H,5-7H2,1H3,(H2,14,16). The number of nitrogens with two attached hydrogens (primary N) is 1. The number of H-pyrrole nitrogens is 1. The Kier molecular flexibility index (Phi) is 2.37. The normalized spacial score (nSPS) is 17.4. The van der Waals surface area contributed by atoms with E-state index in [0.717, 1.165) is 30.5 Å². The molecule has 0 unspecified atom stereocenters. The number of likely N-dealkylation sites (N-methyl/N-ethyl adjacent to an activating group) is 1. The number of nitrogen functional groups attached to an aromatic ring is 1. The summed E-state index contributed by atoms with van der Waals surface area (Å²) in [6.07, 6.45) is 5.38. The Labute approximate surface area is 100 Å². The molecule has 0 saturated carbocycles. The summed E-state index contributed by atoms with van der Waals surface area (Å²) in [4.78, 5) is 9.98. The molecule has 0 saturated heterocycles. The highest BCUT2D eigenvalue weighted by Gasteiger charge is 2.14. The largest absolute Gasteiger partial charge is 0.384 e. The van der Waals surface area contributed by atoms with Crippen LogP contribution in [0.4, 0.5) is 5.82 Å². The molecule has 3 rings (SSSR count). The Morgan fingerprint density at radius 3 is 3.06 bits per heavy atom. The molecule has 1 aliphatic heterocycles. The summed E-state index contributed by atoms with van der Waals surface area (Å²) in [5.41, 5.74) is 10.4. The van der Waals surface area contributed by atoms with Gasteiger partial charge in [-0.25, -0.2) is 4.98 Å². The number of nitrogens with zero attached hydrogens (tertiary/aromatic N) is 2. The fourth-order valence-electron chi connectivity index (χ4n) is 2.27. The zero-order valence-corrected chi connectivity index (χ0v) is 9.90. The average Bonchev–Trinajstić information content (AvgIpc) is 2.73. The minimum Gasteiger partial charge on any atom is -0.384 e. The van der Waals surface area contributed by atoms with E-state index in [0.29, 0.717) is 5.82 Å². The van der Waals surface area contributed by atoms with Gasteiger partial charge in [-0.2, -0.15) is 0 Å². The van der Waals surface area contributed by atoms with Crippen molar-refractivity contribution in [2.24, 2.45) is 0 Å². The fraction of sp³-hybridized carbons (Fsp3) is 0.308. The summed E-state index contributed by atoms with van der Waals surface area (Å²) < 4.78 is 0. The number of pyridine rings is 1. The van der Waals surface area contributed by atoms with Crippen LogP contribution in [0.5, 0.6) is 0 Å². The molecule has 0 aromatic carbocycles. The number of nitrogens with one attached hydrogen (secondary N) is 1. The van der Waals surface area contributed by atoms with Crippen molar-refractivity contribution >= 4 is 22.4 Å². The second-order valence-electron chi connectivity index (χ2n) is 4.58. The lowest BCUT2D eigenvalue weighted by atomic mass is 10.0. The summed E-state index contributed by atoms with van der Waals surface area (Å²) in [5.74, 6) is 0.576. The van der Waals surface area contributed by atoms with Gasteiger partial charge < -0.3 is 15.6 Å². The van der Waals surface area contributed by atoms with Crippen LogP contribution in [0.3, 0.4) is 0 Å². The molecule has 2 aromatic rings. The van der Waals surface area contributed by atoms with Gasteiger partial charge in [0.15, 0.2) is 0 Å². The van der Waals surface area contributed by atoms with Gasteiger partial charge in [-0.05, 0) is 31.2 Å². The maximum absolute atomic E-state index is 5.75. The third-order valence-corrected chi connectivity index (χ3v) is 3.30. The van der Waals surface area contributed by atoms with Crippen LogP contribution in [0.2, 0.25) is 0 Å². The summed E-state index contributed by atoms with van der Waals surface area (Å²) in [6, 6.07) is 3.81. The molecule has 0 amide bonds. The predicted molar refractivity (Wildman–Crippen MR) is 70.6 cm³/mol. The van der Waals surface area contributed by atoms with Gasteiger partial charge in [0, 0.05) is 24.8 Å². The molecule has 1 aliphatic rings. The third kappa shape index (κ3) is 1.80. The van der Waals surface area contributed by atoms with Crippen LogP contribution >= 0.6 is 0 Å². The van der Waals surface area contributed by atoms with Gasteiger partial charge in [0.05, 0.1) is 11.0 Å². The number of fused-ring (bicyclic) bond motifs is 1. The van der Waals surface area contributed by atoms with E-state index in [1.165, 1.54) is 11.1 Å². The van der Waals surface area contributed by atoms with Crippen molar-refractivity contribution in [3.05, 3.63) is 30.0 Å². The van der Waals surface area contributed by atoms with Crippen LogP contribution in [-0.4, -0.2) is 35.0 Å². The van der Waals surface area contributed by atoms with Gasteiger partial charge in [-0.3, -0.25) is 0 Å². The summed E-state index contributed by atoms with van der Waals surface area (Å²) in [7, 11) is 2.14. The molecule has 2 aromatic heterocycles. The van der Waals surface area contributed by atoms with Crippen LogP contribution in [0.15, 0.2) is 24.4 Å². The van der Waals surface area contributed by atoms with Crippen molar-refractivity contribution in [1.29, 1.82) is 0 Å². The summed E-state index contributed by atoms with van der Waals surface area (Å²) in [5, 5.41) is 0. The number of rotatable bonds is 1. The summed E-state index contributed by atoms with van der Waals surface area (Å²) in [6.45, 7) is 2.10. The Morgan fingerprint density at radius 2 is 2.29 bits per heavy atom. The number of aromatic nitrogens is 2. The molecule has 0 bridgehead atoms. The zero-order chi connectivity index (χ0) is 11.8. The molecule has 4 heteroatoms. The van der Waals surface area contributed by atoms with E-state index in [9.17, 15) is 0 Å². The van der Waals surface area contributed by atoms with Gasteiger partial charge in [0.25, 0.3) is 0 Å². The van der Waals surface area contributed by atoms with Crippen molar-refractivity contribution in [2.45, 2.75) is 6.42 Å². The van der Waals surface area contributed by atoms with Crippen molar-refractivity contribution in [3.8, 4) is 0 Å². The first-order chi connectivity index (χ1) is 8.24. The van der Waals surface area contributed by atoms with E-state index in [1.807, 2.05) is 18.3 Å². The van der Waals surface area contributed by atoms with Crippen molar-refractivity contribution in [3.63, 3.8) is 0 Å². The van der Waals surface area contributed by atoms with Gasteiger partial charge in [-0.1, -0.05) is 6.08 Å². The first-order valence-electron chi connectivity index (χ1n) is 5.85.